The summed E-state index contributed by atoms with van der Waals surface area (Å²) in [4.78, 5) is 16.8. The molecule has 0 aromatic carbocycles. The van der Waals surface area contributed by atoms with E-state index >= 15 is 0 Å². The molecule has 3 N–H and O–H groups in total. The zero-order valence-electron chi connectivity index (χ0n) is 11.3. The molecule has 1 unspecified atom stereocenters. The second-order valence-electron chi connectivity index (χ2n) is 5.20. The van der Waals surface area contributed by atoms with Crippen molar-refractivity contribution in [2.24, 2.45) is 5.41 Å². The van der Waals surface area contributed by atoms with E-state index in [0.717, 1.165) is 11.3 Å². The molecule has 2 amide bonds. The maximum Gasteiger partial charge on any atom is 0.321 e. The molecule has 1 aromatic heterocycles. The summed E-state index contributed by atoms with van der Waals surface area (Å²) in [5.74, 6) is 0. The Labute approximate surface area is 112 Å². The van der Waals surface area contributed by atoms with Gasteiger partial charge in [-0.25, -0.2) is 9.78 Å². The fourth-order valence-corrected chi connectivity index (χ4v) is 1.91. The van der Waals surface area contributed by atoms with Crippen LogP contribution in [-0.2, 0) is 6.42 Å². The van der Waals surface area contributed by atoms with Crippen molar-refractivity contribution in [3.63, 3.8) is 0 Å². The number of thiazole rings is 1. The van der Waals surface area contributed by atoms with Gasteiger partial charge in [0.25, 0.3) is 0 Å². The summed E-state index contributed by atoms with van der Waals surface area (Å²) in [5.41, 5.74) is -0.246. The molecule has 1 aromatic rings. The number of aliphatic hydroxyl groups is 1. The van der Waals surface area contributed by atoms with Crippen LogP contribution >= 0.6 is 11.3 Å². The number of aliphatic hydroxyl groups excluding tert-OH is 1. The summed E-state index contributed by atoms with van der Waals surface area (Å²) in [6.45, 7) is 8.03. The fourth-order valence-electron chi connectivity index (χ4n) is 1.17. The minimum absolute atomic E-state index is 0.224. The van der Waals surface area contributed by atoms with Crippen molar-refractivity contribution >= 4 is 22.5 Å². The first-order valence-electron chi connectivity index (χ1n) is 6.00. The largest absolute Gasteiger partial charge is 0.391 e. The lowest BCUT2D eigenvalue weighted by Crippen LogP contribution is -2.40. The van der Waals surface area contributed by atoms with Gasteiger partial charge in [-0.2, -0.15) is 0 Å². The summed E-state index contributed by atoms with van der Waals surface area (Å²) >= 11 is 1.46. The van der Waals surface area contributed by atoms with E-state index in [0.29, 0.717) is 5.13 Å². The standard InChI is InChI=1S/C12H21N3O2S/c1-5-8-6-14-11(18-8)15-10(17)13-7-9(16)12(2,3)4/h6,9,16H,5,7H2,1-4H3,(H2,13,14,15,17). The number of hydrogen-bond donors (Lipinski definition) is 3. The number of urea groups is 1. The first-order valence-corrected chi connectivity index (χ1v) is 6.82. The van der Waals surface area contributed by atoms with Gasteiger partial charge in [0.15, 0.2) is 5.13 Å². The molecule has 102 valence electrons. The van der Waals surface area contributed by atoms with E-state index in [1.807, 2.05) is 27.7 Å². The molecule has 18 heavy (non-hydrogen) atoms. The highest BCUT2D eigenvalue weighted by molar-refractivity contribution is 7.15. The summed E-state index contributed by atoms with van der Waals surface area (Å²) in [5, 5.41) is 15.6. The smallest absolute Gasteiger partial charge is 0.321 e. The van der Waals surface area contributed by atoms with Crippen LogP contribution in [0.2, 0.25) is 0 Å². The molecule has 0 fully saturated rings. The van der Waals surface area contributed by atoms with Crippen molar-refractivity contribution in [3.05, 3.63) is 11.1 Å². The van der Waals surface area contributed by atoms with Gasteiger partial charge in [-0.1, -0.05) is 27.7 Å². The quantitative estimate of drug-likeness (QED) is 0.786. The monoisotopic (exact) mass is 271 g/mol. The van der Waals surface area contributed by atoms with Crippen LogP contribution in [0.3, 0.4) is 0 Å². The molecule has 0 aliphatic heterocycles. The molecular formula is C12H21N3O2S. The van der Waals surface area contributed by atoms with E-state index in [9.17, 15) is 9.90 Å². The van der Waals surface area contributed by atoms with Gasteiger partial charge in [0, 0.05) is 17.6 Å². The molecule has 0 aliphatic carbocycles. The molecule has 5 nitrogen and oxygen atoms in total. The van der Waals surface area contributed by atoms with Crippen molar-refractivity contribution < 1.29 is 9.90 Å². The van der Waals surface area contributed by atoms with Crippen molar-refractivity contribution in [3.8, 4) is 0 Å². The number of carbonyl (C=O) groups is 1. The highest BCUT2D eigenvalue weighted by atomic mass is 32.1. The van der Waals surface area contributed by atoms with E-state index in [2.05, 4.69) is 15.6 Å². The van der Waals surface area contributed by atoms with Gasteiger partial charge < -0.3 is 10.4 Å². The minimum Gasteiger partial charge on any atom is -0.391 e. The van der Waals surface area contributed by atoms with E-state index in [1.165, 1.54) is 11.3 Å². The van der Waals surface area contributed by atoms with E-state index in [-0.39, 0.29) is 18.0 Å². The average Bonchev–Trinajstić information content (AvgIpc) is 2.72. The van der Waals surface area contributed by atoms with Gasteiger partial charge in [0.1, 0.15) is 0 Å². The highest BCUT2D eigenvalue weighted by Crippen LogP contribution is 2.19. The number of rotatable bonds is 4. The zero-order chi connectivity index (χ0) is 13.8. The van der Waals surface area contributed by atoms with Crippen LogP contribution in [0.25, 0.3) is 0 Å². The van der Waals surface area contributed by atoms with Gasteiger partial charge in [0.2, 0.25) is 0 Å². The van der Waals surface area contributed by atoms with Gasteiger partial charge in [-0.3, -0.25) is 5.32 Å². The van der Waals surface area contributed by atoms with Crippen LogP contribution in [-0.4, -0.2) is 28.8 Å². The Bertz CT molecular complexity index is 398. The van der Waals surface area contributed by atoms with Crippen LogP contribution in [0.1, 0.15) is 32.6 Å². The first-order chi connectivity index (χ1) is 8.32. The third kappa shape index (κ3) is 4.62. The Morgan fingerprint density at radius 3 is 2.72 bits per heavy atom. The number of aromatic nitrogens is 1. The average molecular weight is 271 g/mol. The second kappa shape index (κ2) is 6.15. The van der Waals surface area contributed by atoms with Gasteiger partial charge >= 0.3 is 6.03 Å². The summed E-state index contributed by atoms with van der Waals surface area (Å²) in [6, 6.07) is -0.338. The van der Waals surface area contributed by atoms with Gasteiger partial charge in [-0.15, -0.1) is 11.3 Å². The number of hydrogen-bond acceptors (Lipinski definition) is 4. The molecular weight excluding hydrogens is 250 g/mol. The molecule has 0 aliphatic rings. The van der Waals surface area contributed by atoms with Crippen LogP contribution in [0, 0.1) is 5.41 Å². The van der Waals surface area contributed by atoms with E-state index in [4.69, 9.17) is 0 Å². The predicted molar refractivity (Wildman–Crippen MR) is 74.0 cm³/mol. The van der Waals surface area contributed by atoms with Crippen LogP contribution in [0.15, 0.2) is 6.20 Å². The number of aryl methyl sites for hydroxylation is 1. The summed E-state index contributed by atoms with van der Waals surface area (Å²) < 4.78 is 0. The van der Waals surface area contributed by atoms with Crippen LogP contribution in [0.5, 0.6) is 0 Å². The highest BCUT2D eigenvalue weighted by Gasteiger charge is 2.22. The van der Waals surface area contributed by atoms with Crippen LogP contribution in [0.4, 0.5) is 9.93 Å². The zero-order valence-corrected chi connectivity index (χ0v) is 12.1. The van der Waals surface area contributed by atoms with Gasteiger partial charge in [0.05, 0.1) is 6.10 Å². The molecule has 1 atom stereocenters. The Kier molecular flexibility index (Phi) is 5.10. The first kappa shape index (κ1) is 14.9. The number of amides is 2. The molecule has 0 saturated heterocycles. The summed E-state index contributed by atoms with van der Waals surface area (Å²) in [7, 11) is 0. The number of nitrogens with one attached hydrogen (secondary N) is 2. The number of carbonyl (C=O) groups excluding carboxylic acids is 1. The molecule has 0 saturated carbocycles. The van der Waals surface area contributed by atoms with E-state index < -0.39 is 6.10 Å². The molecule has 6 heteroatoms. The molecule has 0 radical (unpaired) electrons. The second-order valence-corrected chi connectivity index (χ2v) is 6.32. The SMILES string of the molecule is CCc1cnc(NC(=O)NCC(O)C(C)(C)C)s1. The van der Waals surface area contributed by atoms with Crippen molar-refractivity contribution in [1.29, 1.82) is 0 Å². The lowest BCUT2D eigenvalue weighted by Gasteiger charge is -2.25. The lowest BCUT2D eigenvalue weighted by atomic mass is 9.89. The van der Waals surface area contributed by atoms with E-state index in [1.54, 1.807) is 6.20 Å². The number of nitrogens with zero attached hydrogens (tertiary/aromatic N) is 1. The van der Waals surface area contributed by atoms with Crippen molar-refractivity contribution in [2.75, 3.05) is 11.9 Å². The number of anilines is 1. The molecule has 0 spiro atoms. The maximum absolute atomic E-state index is 11.6. The normalized spacial score (nSPS) is 13.2. The Hall–Kier alpha value is -1.14. The third-order valence-corrected chi connectivity index (χ3v) is 3.64. The third-order valence-electron chi connectivity index (χ3n) is 2.58. The fraction of sp³-hybridized carbons (Fsp3) is 0.667. The van der Waals surface area contributed by atoms with Crippen LogP contribution < -0.4 is 10.6 Å². The molecule has 1 heterocycles. The molecule has 0 bridgehead atoms. The topological polar surface area (TPSA) is 74.2 Å². The van der Waals surface area contributed by atoms with Crippen molar-refractivity contribution in [1.82, 2.24) is 10.3 Å². The Morgan fingerprint density at radius 2 is 2.22 bits per heavy atom. The Balaban J connectivity index is 2.38. The Morgan fingerprint density at radius 1 is 1.56 bits per heavy atom. The predicted octanol–water partition coefficient (Wildman–Crippen LogP) is 2.23. The van der Waals surface area contributed by atoms with Crippen molar-refractivity contribution in [2.45, 2.75) is 40.2 Å². The lowest BCUT2D eigenvalue weighted by molar-refractivity contribution is 0.0654. The molecule has 1 rings (SSSR count). The maximum atomic E-state index is 11.6. The van der Waals surface area contributed by atoms with Gasteiger partial charge in [-0.05, 0) is 11.8 Å². The minimum atomic E-state index is -0.578. The summed E-state index contributed by atoms with van der Waals surface area (Å²) in [6.07, 6.45) is 2.08.